The molecule has 1 saturated heterocycles. The molecule has 1 aromatic heterocycles. The molecule has 0 radical (unpaired) electrons. The third kappa shape index (κ3) is 3.75. The van der Waals surface area contributed by atoms with E-state index < -0.39 is 6.04 Å². The number of para-hydroxylation sites is 1. The summed E-state index contributed by atoms with van der Waals surface area (Å²) in [6, 6.07) is 4.90. The molecule has 0 bridgehead atoms. The summed E-state index contributed by atoms with van der Waals surface area (Å²) < 4.78 is 0. The number of fused-ring (bicyclic) bond motifs is 1. The van der Waals surface area contributed by atoms with Crippen LogP contribution in [0.2, 0.25) is 0 Å². The molecule has 0 spiro atoms. The number of urea groups is 1. The van der Waals surface area contributed by atoms with E-state index in [9.17, 15) is 9.59 Å². The minimum Gasteiger partial charge on any atom is -0.326 e. The molecule has 3 N–H and O–H groups in total. The average Bonchev–Trinajstić information content (AvgIpc) is 3.30. The molecule has 1 aliphatic rings. The van der Waals surface area contributed by atoms with Crippen molar-refractivity contribution in [2.75, 3.05) is 18.4 Å². The molecule has 3 rings (SSSR count). The van der Waals surface area contributed by atoms with E-state index >= 15 is 0 Å². The topological polar surface area (TPSA) is 90.1 Å². The molecule has 0 saturated carbocycles. The summed E-state index contributed by atoms with van der Waals surface area (Å²) >= 11 is 0. The summed E-state index contributed by atoms with van der Waals surface area (Å²) in [5.41, 5.74) is 1.45. The number of rotatable bonds is 5. The number of aromatic amines is 1. The normalized spacial score (nSPS) is 16.6. The minimum absolute atomic E-state index is 0.0347. The number of likely N-dealkylation sites (tertiary alicyclic amines) is 1. The molecule has 1 aromatic carbocycles. The molecule has 2 atom stereocenters. The number of H-pyrrole nitrogens is 1. The van der Waals surface area contributed by atoms with Crippen LogP contribution in [0.1, 0.15) is 33.1 Å². The van der Waals surface area contributed by atoms with Crippen LogP contribution in [0.25, 0.3) is 10.9 Å². The number of hydrogen-bond acceptors (Lipinski definition) is 3. The summed E-state index contributed by atoms with van der Waals surface area (Å²) in [7, 11) is 0. The van der Waals surface area contributed by atoms with Crippen LogP contribution in [0.5, 0.6) is 0 Å². The number of nitrogens with one attached hydrogen (secondary N) is 3. The van der Waals surface area contributed by atoms with Gasteiger partial charge in [0.05, 0.1) is 17.4 Å². The molecular weight excluding hydrogens is 318 g/mol. The lowest BCUT2D eigenvalue weighted by Crippen LogP contribution is -2.51. The highest BCUT2D eigenvalue weighted by atomic mass is 16.2. The Morgan fingerprint density at radius 1 is 1.32 bits per heavy atom. The van der Waals surface area contributed by atoms with Crippen LogP contribution >= 0.6 is 0 Å². The summed E-state index contributed by atoms with van der Waals surface area (Å²) in [6.07, 6.45) is 4.56. The van der Waals surface area contributed by atoms with Crippen LogP contribution in [0.4, 0.5) is 10.5 Å². The largest absolute Gasteiger partial charge is 0.326 e. The molecule has 0 aliphatic carbocycles. The van der Waals surface area contributed by atoms with Gasteiger partial charge in [-0.3, -0.25) is 9.89 Å². The maximum atomic E-state index is 12.9. The van der Waals surface area contributed by atoms with Crippen molar-refractivity contribution >= 4 is 28.5 Å². The van der Waals surface area contributed by atoms with Crippen molar-refractivity contribution in [3.63, 3.8) is 0 Å². The lowest BCUT2D eigenvalue weighted by atomic mass is 9.98. The van der Waals surface area contributed by atoms with Gasteiger partial charge in [0, 0.05) is 18.5 Å². The first-order valence-corrected chi connectivity index (χ1v) is 8.88. The quantitative estimate of drug-likeness (QED) is 0.780. The predicted octanol–water partition coefficient (Wildman–Crippen LogP) is 2.72. The zero-order valence-corrected chi connectivity index (χ0v) is 14.7. The maximum absolute atomic E-state index is 12.9. The van der Waals surface area contributed by atoms with E-state index in [0.29, 0.717) is 5.69 Å². The second kappa shape index (κ2) is 7.55. The lowest BCUT2D eigenvalue weighted by molar-refractivity contribution is -0.119. The van der Waals surface area contributed by atoms with E-state index in [-0.39, 0.29) is 17.9 Å². The Bertz CT molecular complexity index is 751. The molecule has 7 heteroatoms. The first-order valence-electron chi connectivity index (χ1n) is 8.88. The highest BCUT2D eigenvalue weighted by molar-refractivity contribution is 6.03. The van der Waals surface area contributed by atoms with E-state index in [1.165, 1.54) is 0 Å². The van der Waals surface area contributed by atoms with Crippen molar-refractivity contribution in [1.82, 2.24) is 20.4 Å². The Balaban J connectivity index is 1.74. The van der Waals surface area contributed by atoms with Gasteiger partial charge in [-0.25, -0.2) is 4.79 Å². The zero-order valence-electron chi connectivity index (χ0n) is 14.7. The monoisotopic (exact) mass is 343 g/mol. The molecule has 1 fully saturated rings. The van der Waals surface area contributed by atoms with Crippen molar-refractivity contribution in [3.05, 3.63) is 24.4 Å². The number of carbonyl (C=O) groups excluding carboxylic acids is 2. The van der Waals surface area contributed by atoms with Crippen molar-refractivity contribution < 1.29 is 9.59 Å². The number of amides is 3. The van der Waals surface area contributed by atoms with Crippen LogP contribution in [0.15, 0.2) is 24.4 Å². The van der Waals surface area contributed by atoms with Crippen molar-refractivity contribution in [2.24, 2.45) is 5.92 Å². The van der Waals surface area contributed by atoms with Crippen LogP contribution in [-0.2, 0) is 4.79 Å². The van der Waals surface area contributed by atoms with E-state index in [1.54, 1.807) is 11.1 Å². The van der Waals surface area contributed by atoms with Gasteiger partial charge in [0.25, 0.3) is 0 Å². The summed E-state index contributed by atoms with van der Waals surface area (Å²) in [5, 5.41) is 13.7. The molecular formula is C18H25N5O2. The third-order valence-electron chi connectivity index (χ3n) is 4.90. The summed E-state index contributed by atoms with van der Waals surface area (Å²) in [5.74, 6) is -0.170. The van der Waals surface area contributed by atoms with Gasteiger partial charge in [0.1, 0.15) is 6.04 Å². The minimum atomic E-state index is -0.573. The number of benzene rings is 1. The average molecular weight is 343 g/mol. The standard InChI is InChI=1S/C18H25N5O2/c1-3-12(2)15(21-18(25)23-9-4-5-10-23)17(24)20-14-8-6-7-13-11-19-22-16(13)14/h6-8,11-12,15H,3-5,9-10H2,1-2H3,(H,19,22)(H,20,24)(H,21,25)/t12-,15+/m1/s1. The predicted molar refractivity (Wildman–Crippen MR) is 97.3 cm³/mol. The van der Waals surface area contributed by atoms with E-state index in [0.717, 1.165) is 43.3 Å². The number of aromatic nitrogens is 2. The Hall–Kier alpha value is -2.57. The van der Waals surface area contributed by atoms with Crippen molar-refractivity contribution in [1.29, 1.82) is 0 Å². The van der Waals surface area contributed by atoms with Gasteiger partial charge in [-0.1, -0.05) is 32.4 Å². The fourth-order valence-electron chi connectivity index (χ4n) is 3.13. The first kappa shape index (κ1) is 17.3. The van der Waals surface area contributed by atoms with Crippen LogP contribution in [-0.4, -0.2) is 46.2 Å². The fourth-order valence-corrected chi connectivity index (χ4v) is 3.13. The Morgan fingerprint density at radius 2 is 2.08 bits per heavy atom. The van der Waals surface area contributed by atoms with E-state index in [4.69, 9.17) is 0 Å². The van der Waals surface area contributed by atoms with Gasteiger partial charge in [-0.2, -0.15) is 5.10 Å². The second-order valence-electron chi connectivity index (χ2n) is 6.64. The second-order valence-corrected chi connectivity index (χ2v) is 6.64. The van der Waals surface area contributed by atoms with Crippen molar-refractivity contribution in [3.8, 4) is 0 Å². The van der Waals surface area contributed by atoms with Gasteiger partial charge in [-0.15, -0.1) is 0 Å². The number of hydrogen-bond donors (Lipinski definition) is 3. The highest BCUT2D eigenvalue weighted by Crippen LogP contribution is 2.21. The van der Waals surface area contributed by atoms with Gasteiger partial charge in [0.2, 0.25) is 5.91 Å². The number of nitrogens with zero attached hydrogens (tertiary/aromatic N) is 2. The Labute approximate surface area is 147 Å². The van der Waals surface area contributed by atoms with Crippen molar-refractivity contribution in [2.45, 2.75) is 39.2 Å². The molecule has 2 aromatic rings. The highest BCUT2D eigenvalue weighted by Gasteiger charge is 2.29. The van der Waals surface area contributed by atoms with Crippen LogP contribution in [0, 0.1) is 5.92 Å². The van der Waals surface area contributed by atoms with Crippen LogP contribution < -0.4 is 10.6 Å². The molecule has 1 aliphatic heterocycles. The first-order chi connectivity index (χ1) is 12.1. The molecule has 7 nitrogen and oxygen atoms in total. The maximum Gasteiger partial charge on any atom is 0.318 e. The van der Waals surface area contributed by atoms with Gasteiger partial charge in [-0.05, 0) is 24.8 Å². The molecule has 134 valence electrons. The molecule has 2 heterocycles. The molecule has 25 heavy (non-hydrogen) atoms. The number of anilines is 1. The molecule has 0 unspecified atom stereocenters. The third-order valence-corrected chi connectivity index (χ3v) is 4.90. The van der Waals surface area contributed by atoms with Gasteiger partial charge < -0.3 is 15.5 Å². The van der Waals surface area contributed by atoms with Gasteiger partial charge >= 0.3 is 6.03 Å². The summed E-state index contributed by atoms with van der Waals surface area (Å²) in [4.78, 5) is 27.0. The fraction of sp³-hybridized carbons (Fsp3) is 0.500. The lowest BCUT2D eigenvalue weighted by Gasteiger charge is -2.26. The SMILES string of the molecule is CC[C@@H](C)[C@H](NC(=O)N1CCCC1)C(=O)Nc1cccc2cn[nH]c12. The zero-order chi connectivity index (χ0) is 17.8. The molecule has 3 amide bonds. The van der Waals surface area contributed by atoms with Crippen LogP contribution in [0.3, 0.4) is 0 Å². The summed E-state index contributed by atoms with van der Waals surface area (Å²) in [6.45, 7) is 5.51. The number of carbonyl (C=O) groups is 2. The Morgan fingerprint density at radius 3 is 2.80 bits per heavy atom. The van der Waals surface area contributed by atoms with E-state index in [2.05, 4.69) is 20.8 Å². The smallest absolute Gasteiger partial charge is 0.318 e. The van der Waals surface area contributed by atoms with E-state index in [1.807, 2.05) is 32.0 Å². The van der Waals surface area contributed by atoms with Gasteiger partial charge in [0.15, 0.2) is 0 Å². The Kier molecular flexibility index (Phi) is 5.21.